The van der Waals surface area contributed by atoms with Gasteiger partial charge in [-0.3, -0.25) is 9.69 Å². The Morgan fingerprint density at radius 2 is 1.84 bits per heavy atom. The molecule has 0 radical (unpaired) electrons. The molecular formula is C31H30F3N7O3. The maximum atomic E-state index is 14.0. The van der Waals surface area contributed by atoms with Crippen molar-refractivity contribution in [1.82, 2.24) is 34.3 Å². The zero-order valence-electron chi connectivity index (χ0n) is 23.9. The van der Waals surface area contributed by atoms with Gasteiger partial charge in [-0.2, -0.15) is 13.2 Å². The highest BCUT2D eigenvalue weighted by molar-refractivity contribution is 5.85. The lowest BCUT2D eigenvalue weighted by molar-refractivity contribution is -0.149. The third-order valence-electron chi connectivity index (χ3n) is 8.29. The number of hydrogen-bond donors (Lipinski definition) is 1. The van der Waals surface area contributed by atoms with Gasteiger partial charge in [0.1, 0.15) is 18.4 Å². The molecule has 7 rings (SSSR count). The third-order valence-corrected chi connectivity index (χ3v) is 8.29. The highest BCUT2D eigenvalue weighted by Crippen LogP contribution is 2.34. The highest BCUT2D eigenvalue weighted by Gasteiger charge is 2.40. The number of carbonyl (C=O) groups is 1. The van der Waals surface area contributed by atoms with Crippen LogP contribution in [0.3, 0.4) is 0 Å². The Morgan fingerprint density at radius 3 is 2.59 bits per heavy atom. The van der Waals surface area contributed by atoms with E-state index < -0.39 is 30.5 Å². The Morgan fingerprint density at radius 1 is 1.07 bits per heavy atom. The summed E-state index contributed by atoms with van der Waals surface area (Å²) in [6.07, 6.45) is -3.04. The van der Waals surface area contributed by atoms with Crippen LogP contribution in [-0.2, 0) is 22.3 Å². The molecule has 13 heteroatoms. The second kappa shape index (κ2) is 11.2. The van der Waals surface area contributed by atoms with Gasteiger partial charge >= 0.3 is 6.18 Å². The number of hydrogen-bond acceptors (Lipinski definition) is 7. The summed E-state index contributed by atoms with van der Waals surface area (Å²) in [4.78, 5) is 34.3. The van der Waals surface area contributed by atoms with Crippen LogP contribution in [0.1, 0.15) is 17.7 Å². The van der Waals surface area contributed by atoms with Gasteiger partial charge in [-0.25, -0.2) is 15.0 Å². The number of aromatic nitrogens is 5. The van der Waals surface area contributed by atoms with E-state index in [1.807, 2.05) is 30.3 Å². The number of benzene rings is 2. The molecular weight excluding hydrogens is 575 g/mol. The van der Waals surface area contributed by atoms with E-state index in [0.29, 0.717) is 61.7 Å². The number of carbonyl (C=O) groups excluding carboxylic acids is 1. The standard InChI is InChI=1S/C31H30F3N7O3/c1-43-29-21(12-20-6-2-3-7-22(20)37-29)24-13-35-28(36-24)26-15-39(14-19-17-44-18-19)10-11-40(26)27(42)16-41-25-9-5-4-8-23(25)38-30(41)31(32,33)34/h2-9,12-13,19,26H,10-11,14-18H2,1H3,(H,35,36). The number of nitrogens with one attached hydrogen (secondary N) is 1. The largest absolute Gasteiger partial charge is 0.480 e. The summed E-state index contributed by atoms with van der Waals surface area (Å²) in [5.41, 5.74) is 2.60. The zero-order valence-corrected chi connectivity index (χ0v) is 23.9. The molecule has 2 saturated heterocycles. The predicted molar refractivity (Wildman–Crippen MR) is 156 cm³/mol. The first-order chi connectivity index (χ1) is 21.3. The summed E-state index contributed by atoms with van der Waals surface area (Å²) in [7, 11) is 1.55. The molecule has 10 nitrogen and oxygen atoms in total. The summed E-state index contributed by atoms with van der Waals surface area (Å²) in [5.74, 6) is -0.176. The van der Waals surface area contributed by atoms with Crippen molar-refractivity contribution in [2.75, 3.05) is 46.5 Å². The number of para-hydroxylation sites is 3. The Bertz CT molecular complexity index is 1830. The van der Waals surface area contributed by atoms with Crippen LogP contribution < -0.4 is 4.74 Å². The minimum atomic E-state index is -4.72. The summed E-state index contributed by atoms with van der Waals surface area (Å²) >= 11 is 0. The second-order valence-corrected chi connectivity index (χ2v) is 11.2. The number of rotatable bonds is 7. The number of aromatic amines is 1. The third kappa shape index (κ3) is 5.26. The maximum absolute atomic E-state index is 14.0. The van der Waals surface area contributed by atoms with Crippen LogP contribution in [0.5, 0.6) is 5.88 Å². The number of methoxy groups -OCH3 is 1. The minimum absolute atomic E-state index is 0.185. The van der Waals surface area contributed by atoms with Crippen molar-refractivity contribution < 1.29 is 27.4 Å². The number of imidazole rings is 2. The van der Waals surface area contributed by atoms with Gasteiger partial charge in [0.25, 0.3) is 0 Å². The number of ether oxygens (including phenoxy) is 2. The topological polar surface area (TPSA) is 101 Å². The summed E-state index contributed by atoms with van der Waals surface area (Å²) in [5, 5.41) is 0.927. The molecule has 2 fully saturated rings. The lowest BCUT2D eigenvalue weighted by Crippen LogP contribution is -2.53. The first kappa shape index (κ1) is 28.3. The van der Waals surface area contributed by atoms with E-state index in [-0.39, 0.29) is 11.0 Å². The molecule has 5 aromatic rings. The van der Waals surface area contributed by atoms with Gasteiger partial charge in [0.2, 0.25) is 17.6 Å². The summed E-state index contributed by atoms with van der Waals surface area (Å²) in [6.45, 7) is 3.08. The van der Waals surface area contributed by atoms with Crippen LogP contribution in [-0.4, -0.2) is 86.7 Å². The molecule has 2 aromatic carbocycles. The smallest absolute Gasteiger partial charge is 0.449 e. The van der Waals surface area contributed by atoms with Crippen molar-refractivity contribution in [3.8, 4) is 17.1 Å². The Hall–Kier alpha value is -4.49. The van der Waals surface area contributed by atoms with E-state index >= 15 is 0 Å². The normalized spacial score (nSPS) is 18.2. The number of alkyl halides is 3. The Labute approximate surface area is 250 Å². The maximum Gasteiger partial charge on any atom is 0.449 e. The van der Waals surface area contributed by atoms with Crippen molar-refractivity contribution in [2.45, 2.75) is 18.8 Å². The monoisotopic (exact) mass is 605 g/mol. The first-order valence-corrected chi connectivity index (χ1v) is 14.4. The molecule has 0 aliphatic carbocycles. The van der Waals surface area contributed by atoms with Crippen molar-refractivity contribution in [2.24, 2.45) is 5.92 Å². The zero-order chi connectivity index (χ0) is 30.4. The molecule has 1 amide bonds. The van der Waals surface area contributed by atoms with E-state index in [1.165, 1.54) is 6.07 Å². The van der Waals surface area contributed by atoms with Crippen molar-refractivity contribution in [3.05, 3.63) is 72.4 Å². The molecule has 2 aliphatic rings. The molecule has 3 aromatic heterocycles. The van der Waals surface area contributed by atoms with Crippen molar-refractivity contribution >= 4 is 27.8 Å². The van der Waals surface area contributed by atoms with Gasteiger partial charge < -0.3 is 23.9 Å². The quantitative estimate of drug-likeness (QED) is 0.291. The molecule has 228 valence electrons. The lowest BCUT2D eigenvalue weighted by atomic mass is 10.1. The molecule has 0 saturated carbocycles. The Balaban J connectivity index is 1.22. The highest BCUT2D eigenvalue weighted by atomic mass is 19.4. The Kier molecular flexibility index (Phi) is 7.21. The average Bonchev–Trinajstić information content (AvgIpc) is 3.64. The molecule has 0 spiro atoms. The summed E-state index contributed by atoms with van der Waals surface area (Å²) in [6, 6.07) is 15.5. The van der Waals surface area contributed by atoms with Gasteiger partial charge in [0.05, 0.1) is 54.3 Å². The predicted octanol–water partition coefficient (Wildman–Crippen LogP) is 4.53. The number of H-pyrrole nitrogens is 1. The lowest BCUT2D eigenvalue weighted by Gasteiger charge is -2.42. The van der Waals surface area contributed by atoms with Crippen LogP contribution in [0.15, 0.2) is 60.8 Å². The number of halogens is 3. The van der Waals surface area contributed by atoms with Crippen LogP contribution in [0.2, 0.25) is 0 Å². The fourth-order valence-electron chi connectivity index (χ4n) is 6.06. The van der Waals surface area contributed by atoms with Crippen LogP contribution >= 0.6 is 0 Å². The molecule has 1 unspecified atom stereocenters. The number of amides is 1. The van der Waals surface area contributed by atoms with Gasteiger partial charge in [0, 0.05) is 37.5 Å². The first-order valence-electron chi connectivity index (χ1n) is 14.4. The molecule has 1 N–H and O–H groups in total. The van der Waals surface area contributed by atoms with Crippen LogP contribution in [0, 0.1) is 5.92 Å². The SMILES string of the molecule is COc1nc2ccccc2cc1-c1cnc(C2CN(CC3COC3)CCN2C(=O)Cn2c(C(F)(F)F)nc3ccccc32)[nH]1. The summed E-state index contributed by atoms with van der Waals surface area (Å²) < 4.78 is 53.9. The number of fused-ring (bicyclic) bond motifs is 2. The van der Waals surface area contributed by atoms with Crippen LogP contribution in [0.25, 0.3) is 33.2 Å². The van der Waals surface area contributed by atoms with Crippen LogP contribution in [0.4, 0.5) is 13.2 Å². The van der Waals surface area contributed by atoms with E-state index in [4.69, 9.17) is 9.47 Å². The number of piperazine rings is 1. The molecule has 5 heterocycles. The molecule has 1 atom stereocenters. The molecule has 44 heavy (non-hydrogen) atoms. The fourth-order valence-corrected chi connectivity index (χ4v) is 6.06. The number of nitrogens with zero attached hydrogens (tertiary/aromatic N) is 6. The van der Waals surface area contributed by atoms with E-state index in [0.717, 1.165) is 22.0 Å². The molecule has 0 bridgehead atoms. The van der Waals surface area contributed by atoms with E-state index in [9.17, 15) is 18.0 Å². The number of pyridine rings is 1. The van der Waals surface area contributed by atoms with Crippen molar-refractivity contribution in [3.63, 3.8) is 0 Å². The minimum Gasteiger partial charge on any atom is -0.480 e. The van der Waals surface area contributed by atoms with E-state index in [1.54, 1.807) is 36.4 Å². The molecule has 2 aliphatic heterocycles. The fraction of sp³-hybridized carbons (Fsp3) is 0.355. The van der Waals surface area contributed by atoms with Gasteiger partial charge in [-0.05, 0) is 24.3 Å². The van der Waals surface area contributed by atoms with E-state index in [2.05, 4.69) is 24.8 Å². The van der Waals surface area contributed by atoms with Gasteiger partial charge in [-0.1, -0.05) is 30.3 Å². The average molecular weight is 606 g/mol. The van der Waals surface area contributed by atoms with Crippen molar-refractivity contribution in [1.29, 1.82) is 0 Å². The van der Waals surface area contributed by atoms with Gasteiger partial charge in [0.15, 0.2) is 0 Å². The van der Waals surface area contributed by atoms with Gasteiger partial charge in [-0.15, -0.1) is 0 Å². The second-order valence-electron chi connectivity index (χ2n) is 11.2.